The molecule has 0 aliphatic carbocycles. The van der Waals surface area contributed by atoms with Gasteiger partial charge in [-0.15, -0.1) is 11.3 Å². The van der Waals surface area contributed by atoms with Crippen LogP contribution < -0.4 is 5.32 Å². The fraction of sp³-hybridized carbons (Fsp3) is 0.250. The van der Waals surface area contributed by atoms with E-state index in [1.54, 1.807) is 12.1 Å². The highest BCUT2D eigenvalue weighted by atomic mass is 32.1. The lowest BCUT2D eigenvalue weighted by Crippen LogP contribution is -2.11. The van der Waals surface area contributed by atoms with Gasteiger partial charge in [0, 0.05) is 21.4 Å². The Kier molecular flexibility index (Phi) is 4.86. The first-order valence-corrected chi connectivity index (χ1v) is 9.04. The van der Waals surface area contributed by atoms with Crippen LogP contribution in [0, 0.1) is 0 Å². The highest BCUT2D eigenvalue weighted by molar-refractivity contribution is 7.15. The van der Waals surface area contributed by atoms with Crippen molar-refractivity contribution in [3.8, 4) is 27.4 Å². The molecule has 0 amide bonds. The van der Waals surface area contributed by atoms with Crippen molar-refractivity contribution in [3.63, 3.8) is 0 Å². The molecule has 0 radical (unpaired) electrons. The van der Waals surface area contributed by atoms with Crippen molar-refractivity contribution in [2.45, 2.75) is 33.2 Å². The van der Waals surface area contributed by atoms with Gasteiger partial charge in [-0.2, -0.15) is 0 Å². The van der Waals surface area contributed by atoms with Gasteiger partial charge in [0.05, 0.1) is 5.69 Å². The van der Waals surface area contributed by atoms with Crippen LogP contribution in [-0.2, 0) is 6.42 Å². The summed E-state index contributed by atoms with van der Waals surface area (Å²) in [5, 5.41) is 12.9. The Bertz CT molecular complexity index is 822. The normalized spacial score (nSPS) is 11.0. The maximum atomic E-state index is 9.51. The summed E-state index contributed by atoms with van der Waals surface area (Å²) in [5.74, 6) is 1.14. The van der Waals surface area contributed by atoms with Gasteiger partial charge in [0.25, 0.3) is 0 Å². The second-order valence-corrected chi connectivity index (χ2v) is 7.26. The minimum atomic E-state index is 0.265. The molecule has 3 nitrogen and oxygen atoms in total. The van der Waals surface area contributed by atoms with Crippen molar-refractivity contribution >= 4 is 17.2 Å². The van der Waals surface area contributed by atoms with Crippen molar-refractivity contribution in [2.24, 2.45) is 0 Å². The molecule has 4 heteroatoms. The van der Waals surface area contributed by atoms with E-state index in [9.17, 15) is 5.11 Å². The average molecular weight is 338 g/mol. The molecule has 0 unspecified atom stereocenters. The van der Waals surface area contributed by atoms with E-state index < -0.39 is 0 Å². The minimum absolute atomic E-state index is 0.265. The molecule has 2 heterocycles. The Balaban J connectivity index is 2.07. The van der Waals surface area contributed by atoms with E-state index in [4.69, 9.17) is 4.98 Å². The molecule has 0 spiro atoms. The summed E-state index contributed by atoms with van der Waals surface area (Å²) < 4.78 is 0. The molecule has 0 fully saturated rings. The maximum Gasteiger partial charge on any atom is 0.127 e. The van der Waals surface area contributed by atoms with Crippen LogP contribution in [0.2, 0.25) is 0 Å². The molecule has 0 atom stereocenters. The number of rotatable bonds is 5. The molecule has 2 N–H and O–H groups in total. The Morgan fingerprint density at radius 1 is 1.04 bits per heavy atom. The topological polar surface area (TPSA) is 45.2 Å². The van der Waals surface area contributed by atoms with Crippen molar-refractivity contribution in [3.05, 3.63) is 53.4 Å². The number of aromatic nitrogens is 1. The summed E-state index contributed by atoms with van der Waals surface area (Å²) in [7, 11) is 0. The van der Waals surface area contributed by atoms with Crippen LogP contribution in [0.3, 0.4) is 0 Å². The lowest BCUT2D eigenvalue weighted by Gasteiger charge is -2.13. The predicted octanol–water partition coefficient (Wildman–Crippen LogP) is 5.57. The molecular formula is C20H22N2OS. The highest BCUT2D eigenvalue weighted by Crippen LogP contribution is 2.33. The number of thiophene rings is 1. The third-order valence-electron chi connectivity index (χ3n) is 3.72. The van der Waals surface area contributed by atoms with E-state index in [-0.39, 0.29) is 5.75 Å². The molecule has 0 bridgehead atoms. The molecule has 0 aliphatic heterocycles. The standard InChI is InChI=1S/C20H22N2OS/c1-4-17-9-10-19(24-17)15-11-18(14-5-7-16(23)8-6-14)22-20(12-15)21-13(2)3/h5-13,23H,4H2,1-3H3,(H,21,22). The Hall–Kier alpha value is -2.33. The SMILES string of the molecule is CCc1ccc(-c2cc(NC(C)C)nc(-c3ccc(O)cc3)c2)s1. The number of anilines is 1. The first-order valence-electron chi connectivity index (χ1n) is 8.22. The molecule has 0 aliphatic rings. The molecule has 3 rings (SSSR count). The summed E-state index contributed by atoms with van der Waals surface area (Å²) in [4.78, 5) is 7.37. The number of benzene rings is 1. The number of hydrogen-bond donors (Lipinski definition) is 2. The number of nitrogens with one attached hydrogen (secondary N) is 1. The third-order valence-corrected chi connectivity index (χ3v) is 5.00. The van der Waals surface area contributed by atoms with Gasteiger partial charge in [0.1, 0.15) is 11.6 Å². The third kappa shape index (κ3) is 3.77. The van der Waals surface area contributed by atoms with Gasteiger partial charge in [-0.05, 0) is 74.4 Å². The summed E-state index contributed by atoms with van der Waals surface area (Å²) in [6, 6.07) is 16.1. The van der Waals surface area contributed by atoms with Crippen LogP contribution in [0.1, 0.15) is 25.6 Å². The first kappa shape index (κ1) is 16.5. The van der Waals surface area contributed by atoms with Crippen LogP contribution >= 0.6 is 11.3 Å². The number of aromatic hydroxyl groups is 1. The predicted molar refractivity (Wildman–Crippen MR) is 103 cm³/mol. The molecule has 3 aromatic rings. The van der Waals surface area contributed by atoms with Crippen LogP contribution in [0.5, 0.6) is 5.75 Å². The second kappa shape index (κ2) is 7.05. The molecule has 124 valence electrons. The highest BCUT2D eigenvalue weighted by Gasteiger charge is 2.10. The molecule has 2 aromatic heterocycles. The smallest absolute Gasteiger partial charge is 0.127 e. The van der Waals surface area contributed by atoms with Gasteiger partial charge < -0.3 is 10.4 Å². The van der Waals surface area contributed by atoms with Crippen molar-refractivity contribution in [2.75, 3.05) is 5.32 Å². The summed E-state index contributed by atoms with van der Waals surface area (Å²) in [6.45, 7) is 6.39. The van der Waals surface area contributed by atoms with E-state index in [1.807, 2.05) is 23.5 Å². The van der Waals surface area contributed by atoms with Crippen LogP contribution in [-0.4, -0.2) is 16.1 Å². The summed E-state index contributed by atoms with van der Waals surface area (Å²) in [6.07, 6.45) is 1.05. The van der Waals surface area contributed by atoms with Gasteiger partial charge in [0.2, 0.25) is 0 Å². The van der Waals surface area contributed by atoms with Crippen LogP contribution in [0.15, 0.2) is 48.5 Å². The van der Waals surface area contributed by atoms with Crippen LogP contribution in [0.25, 0.3) is 21.7 Å². The molecule has 0 saturated carbocycles. The Labute approximate surface area is 147 Å². The fourth-order valence-corrected chi connectivity index (χ4v) is 3.48. The first-order chi connectivity index (χ1) is 11.5. The molecule has 24 heavy (non-hydrogen) atoms. The van der Waals surface area contributed by atoms with Crippen molar-refractivity contribution in [1.29, 1.82) is 0 Å². The zero-order valence-electron chi connectivity index (χ0n) is 14.2. The summed E-state index contributed by atoms with van der Waals surface area (Å²) >= 11 is 1.82. The summed E-state index contributed by atoms with van der Waals surface area (Å²) in [5.41, 5.74) is 3.07. The lowest BCUT2D eigenvalue weighted by molar-refractivity contribution is 0.475. The van der Waals surface area contributed by atoms with Crippen molar-refractivity contribution < 1.29 is 5.11 Å². The zero-order valence-corrected chi connectivity index (χ0v) is 15.0. The largest absolute Gasteiger partial charge is 0.508 e. The average Bonchev–Trinajstić information content (AvgIpc) is 3.04. The van der Waals surface area contributed by atoms with Crippen LogP contribution in [0.4, 0.5) is 5.82 Å². The second-order valence-electron chi connectivity index (χ2n) is 6.09. The van der Waals surface area contributed by atoms with Gasteiger partial charge in [0.15, 0.2) is 0 Å². The maximum absolute atomic E-state index is 9.51. The van der Waals surface area contributed by atoms with Gasteiger partial charge >= 0.3 is 0 Å². The van der Waals surface area contributed by atoms with Gasteiger partial charge in [-0.1, -0.05) is 6.92 Å². The number of phenolic OH excluding ortho intramolecular Hbond substituents is 1. The Morgan fingerprint density at radius 3 is 2.42 bits per heavy atom. The fourth-order valence-electron chi connectivity index (χ4n) is 2.55. The number of phenols is 1. The molecule has 0 saturated heterocycles. The minimum Gasteiger partial charge on any atom is -0.508 e. The van der Waals surface area contributed by atoms with E-state index >= 15 is 0 Å². The Morgan fingerprint density at radius 2 is 1.79 bits per heavy atom. The number of pyridine rings is 1. The monoisotopic (exact) mass is 338 g/mol. The number of nitrogens with zero attached hydrogens (tertiary/aromatic N) is 1. The zero-order chi connectivity index (χ0) is 17.1. The van der Waals surface area contributed by atoms with E-state index in [0.717, 1.165) is 23.5 Å². The lowest BCUT2D eigenvalue weighted by atomic mass is 10.1. The van der Waals surface area contributed by atoms with Crippen molar-refractivity contribution in [1.82, 2.24) is 4.98 Å². The number of aryl methyl sites for hydroxylation is 1. The quantitative estimate of drug-likeness (QED) is 0.639. The van der Waals surface area contributed by atoms with Gasteiger partial charge in [-0.3, -0.25) is 0 Å². The molecule has 1 aromatic carbocycles. The van der Waals surface area contributed by atoms with E-state index in [1.165, 1.54) is 15.3 Å². The van der Waals surface area contributed by atoms with Gasteiger partial charge in [-0.25, -0.2) is 4.98 Å². The number of hydrogen-bond acceptors (Lipinski definition) is 4. The van der Waals surface area contributed by atoms with E-state index in [2.05, 4.69) is 50.4 Å². The molecular weight excluding hydrogens is 316 g/mol. The van der Waals surface area contributed by atoms with E-state index in [0.29, 0.717) is 6.04 Å².